The van der Waals surface area contributed by atoms with Crippen LogP contribution >= 0.6 is 11.8 Å². The summed E-state index contributed by atoms with van der Waals surface area (Å²) in [6.45, 7) is 5.45. The van der Waals surface area contributed by atoms with E-state index in [1.54, 1.807) is 0 Å². The molecule has 4 N–H and O–H groups in total. The first-order chi connectivity index (χ1) is 13.0. The van der Waals surface area contributed by atoms with Gasteiger partial charge in [-0.3, -0.25) is 9.59 Å². The average molecular weight is 392 g/mol. The number of nitrogens with zero attached hydrogens (tertiary/aromatic N) is 1. The summed E-state index contributed by atoms with van der Waals surface area (Å²) in [5.41, 5.74) is 6.21. The van der Waals surface area contributed by atoms with Gasteiger partial charge in [0.05, 0.1) is 19.0 Å². The number of rotatable bonds is 10. The number of benzene rings is 1. The highest BCUT2D eigenvalue weighted by molar-refractivity contribution is 7.99. The first-order valence-electron chi connectivity index (χ1n) is 8.66. The second kappa shape index (κ2) is 10.5. The fourth-order valence-electron chi connectivity index (χ4n) is 2.30. The minimum Gasteiger partial charge on any atom is -0.490 e. The lowest BCUT2D eigenvalue weighted by atomic mass is 10.1. The second-order valence-corrected chi connectivity index (χ2v) is 6.48. The summed E-state index contributed by atoms with van der Waals surface area (Å²) < 4.78 is 11.1. The van der Waals surface area contributed by atoms with E-state index < -0.39 is 0 Å². The highest BCUT2D eigenvalue weighted by Gasteiger charge is 2.08. The van der Waals surface area contributed by atoms with Gasteiger partial charge in [0.1, 0.15) is 5.82 Å². The minimum absolute atomic E-state index is 0.127. The van der Waals surface area contributed by atoms with Crippen LogP contribution in [0.1, 0.15) is 19.4 Å². The van der Waals surface area contributed by atoms with Crippen molar-refractivity contribution in [1.82, 2.24) is 15.3 Å². The number of anilines is 1. The van der Waals surface area contributed by atoms with E-state index in [4.69, 9.17) is 15.2 Å². The Bertz CT molecular complexity index is 825. The summed E-state index contributed by atoms with van der Waals surface area (Å²) in [6.07, 6.45) is 0.663. The third kappa shape index (κ3) is 6.86. The molecule has 0 bridgehead atoms. The quantitative estimate of drug-likeness (QED) is 0.415. The largest absolute Gasteiger partial charge is 0.490 e. The maximum absolute atomic E-state index is 12.0. The highest BCUT2D eigenvalue weighted by Crippen LogP contribution is 2.28. The van der Waals surface area contributed by atoms with Gasteiger partial charge in [0.2, 0.25) is 5.91 Å². The van der Waals surface area contributed by atoms with E-state index in [1.807, 2.05) is 32.0 Å². The fourth-order valence-corrected chi connectivity index (χ4v) is 3.02. The fraction of sp³-hybridized carbons (Fsp3) is 0.389. The van der Waals surface area contributed by atoms with Gasteiger partial charge in [-0.15, -0.1) is 0 Å². The van der Waals surface area contributed by atoms with Gasteiger partial charge in [-0.05, 0) is 38.0 Å². The van der Waals surface area contributed by atoms with Crippen LogP contribution < -0.4 is 26.1 Å². The molecule has 2 aromatic rings. The number of hydrogen-bond acceptors (Lipinski definition) is 7. The zero-order valence-corrected chi connectivity index (χ0v) is 16.2. The number of thioether (sulfide) groups is 1. The molecule has 146 valence electrons. The molecule has 0 aliphatic heterocycles. The molecule has 0 unspecified atom stereocenters. The van der Waals surface area contributed by atoms with E-state index in [-0.39, 0.29) is 23.0 Å². The second-order valence-electron chi connectivity index (χ2n) is 5.51. The molecule has 0 saturated carbocycles. The summed E-state index contributed by atoms with van der Waals surface area (Å²) in [5, 5.41) is 3.16. The predicted molar refractivity (Wildman–Crippen MR) is 105 cm³/mol. The SMILES string of the molecule is CCOc1ccc(CCNC(=O)CSc2nc(N)cc(=O)[nH]2)cc1OCC. The van der Waals surface area contributed by atoms with Crippen molar-refractivity contribution in [3.63, 3.8) is 0 Å². The van der Waals surface area contributed by atoms with Gasteiger partial charge in [-0.2, -0.15) is 0 Å². The minimum atomic E-state index is -0.342. The van der Waals surface area contributed by atoms with Crippen molar-refractivity contribution in [2.45, 2.75) is 25.4 Å². The Labute approximate surface area is 161 Å². The number of nitrogen functional groups attached to an aromatic ring is 1. The van der Waals surface area contributed by atoms with Crippen LogP contribution in [0.25, 0.3) is 0 Å². The smallest absolute Gasteiger partial charge is 0.253 e. The Hall–Kier alpha value is -2.68. The van der Waals surface area contributed by atoms with Crippen molar-refractivity contribution < 1.29 is 14.3 Å². The summed E-state index contributed by atoms with van der Waals surface area (Å²) >= 11 is 1.12. The van der Waals surface area contributed by atoms with Crippen molar-refractivity contribution in [3.05, 3.63) is 40.2 Å². The Morgan fingerprint density at radius 1 is 1.22 bits per heavy atom. The van der Waals surface area contributed by atoms with Crippen molar-refractivity contribution in [3.8, 4) is 11.5 Å². The van der Waals surface area contributed by atoms with Crippen molar-refractivity contribution in [1.29, 1.82) is 0 Å². The average Bonchev–Trinajstić information content (AvgIpc) is 2.62. The lowest BCUT2D eigenvalue weighted by Gasteiger charge is -2.12. The molecule has 0 spiro atoms. The summed E-state index contributed by atoms with van der Waals surface area (Å²) in [5.74, 6) is 1.53. The normalized spacial score (nSPS) is 10.4. The van der Waals surface area contributed by atoms with E-state index in [9.17, 15) is 9.59 Å². The van der Waals surface area contributed by atoms with Gasteiger partial charge in [0.25, 0.3) is 5.56 Å². The molecule has 1 amide bonds. The Morgan fingerprint density at radius 2 is 1.96 bits per heavy atom. The van der Waals surface area contributed by atoms with Gasteiger partial charge < -0.3 is 25.5 Å². The molecule has 0 atom stereocenters. The molecular formula is C18H24N4O4S. The summed E-state index contributed by atoms with van der Waals surface area (Å²) in [6, 6.07) is 6.95. The molecule has 1 heterocycles. The Balaban J connectivity index is 1.82. The lowest BCUT2D eigenvalue weighted by Crippen LogP contribution is -2.27. The molecule has 2 rings (SSSR count). The predicted octanol–water partition coefficient (Wildman–Crippen LogP) is 1.60. The summed E-state index contributed by atoms with van der Waals surface area (Å²) in [7, 11) is 0. The molecule has 1 aromatic carbocycles. The number of carbonyl (C=O) groups is 1. The Kier molecular flexibility index (Phi) is 8.00. The highest BCUT2D eigenvalue weighted by atomic mass is 32.2. The van der Waals surface area contributed by atoms with Crippen LogP contribution in [-0.4, -0.2) is 41.4 Å². The number of hydrogen-bond donors (Lipinski definition) is 3. The molecule has 27 heavy (non-hydrogen) atoms. The third-order valence-electron chi connectivity index (χ3n) is 3.42. The van der Waals surface area contributed by atoms with Gasteiger partial charge in [0.15, 0.2) is 16.7 Å². The lowest BCUT2D eigenvalue weighted by molar-refractivity contribution is -0.118. The molecule has 0 aliphatic carbocycles. The van der Waals surface area contributed by atoms with Crippen LogP contribution in [0.15, 0.2) is 34.2 Å². The molecule has 0 fully saturated rings. The Morgan fingerprint density at radius 3 is 2.67 bits per heavy atom. The molecular weight excluding hydrogens is 368 g/mol. The van der Waals surface area contributed by atoms with Gasteiger partial charge >= 0.3 is 0 Å². The number of H-pyrrole nitrogens is 1. The molecule has 0 aliphatic rings. The number of aromatic amines is 1. The summed E-state index contributed by atoms with van der Waals surface area (Å²) in [4.78, 5) is 29.8. The van der Waals surface area contributed by atoms with Gasteiger partial charge in [-0.1, -0.05) is 17.8 Å². The third-order valence-corrected chi connectivity index (χ3v) is 4.30. The number of nitrogens with two attached hydrogens (primary N) is 1. The van der Waals surface area contributed by atoms with E-state index in [1.165, 1.54) is 6.07 Å². The van der Waals surface area contributed by atoms with E-state index in [0.29, 0.717) is 42.8 Å². The topological polar surface area (TPSA) is 119 Å². The zero-order chi connectivity index (χ0) is 19.6. The monoisotopic (exact) mass is 392 g/mol. The number of aromatic nitrogens is 2. The van der Waals surface area contributed by atoms with Gasteiger partial charge in [0, 0.05) is 12.6 Å². The standard InChI is InChI=1S/C18H24N4O4S/c1-3-25-13-6-5-12(9-14(13)26-4-2)7-8-20-17(24)11-27-18-21-15(19)10-16(23)22-18/h5-6,9-10H,3-4,7-8,11H2,1-2H3,(H,20,24)(H3,19,21,22,23). The number of carbonyl (C=O) groups excluding carboxylic acids is 1. The van der Waals surface area contributed by atoms with Crippen molar-refractivity contribution in [2.24, 2.45) is 0 Å². The van der Waals surface area contributed by atoms with E-state index >= 15 is 0 Å². The van der Waals surface area contributed by atoms with Crippen LogP contribution in [0, 0.1) is 0 Å². The molecule has 0 radical (unpaired) electrons. The molecule has 1 aromatic heterocycles. The van der Waals surface area contributed by atoms with Crippen LogP contribution in [0.2, 0.25) is 0 Å². The van der Waals surface area contributed by atoms with E-state index in [2.05, 4.69) is 15.3 Å². The van der Waals surface area contributed by atoms with Crippen LogP contribution in [-0.2, 0) is 11.2 Å². The first-order valence-corrected chi connectivity index (χ1v) is 9.65. The van der Waals surface area contributed by atoms with Crippen molar-refractivity contribution >= 4 is 23.5 Å². The van der Waals surface area contributed by atoms with Crippen LogP contribution in [0.5, 0.6) is 11.5 Å². The van der Waals surface area contributed by atoms with Crippen molar-refractivity contribution in [2.75, 3.05) is 31.2 Å². The number of nitrogens with one attached hydrogen (secondary N) is 2. The zero-order valence-electron chi connectivity index (χ0n) is 15.4. The van der Waals surface area contributed by atoms with Gasteiger partial charge in [-0.25, -0.2) is 4.98 Å². The molecule has 0 saturated heterocycles. The maximum Gasteiger partial charge on any atom is 0.253 e. The molecule has 8 nitrogen and oxygen atoms in total. The molecule has 9 heteroatoms. The first kappa shape index (κ1) is 20.6. The van der Waals surface area contributed by atoms with Crippen LogP contribution in [0.4, 0.5) is 5.82 Å². The van der Waals surface area contributed by atoms with Crippen LogP contribution in [0.3, 0.4) is 0 Å². The van der Waals surface area contributed by atoms with E-state index in [0.717, 1.165) is 17.3 Å². The maximum atomic E-state index is 12.0. The number of amides is 1. The number of ether oxygens (including phenoxy) is 2.